The highest BCUT2D eigenvalue weighted by Gasteiger charge is 1.96. The van der Waals surface area contributed by atoms with E-state index in [0.29, 0.717) is 13.2 Å². The Morgan fingerprint density at radius 2 is 2.33 bits per heavy atom. The molecule has 1 rings (SSSR count). The number of nitrogens with two attached hydrogens (primary N) is 1. The molecule has 0 saturated carbocycles. The molecule has 1 heterocycles. The van der Waals surface area contributed by atoms with Crippen molar-refractivity contribution in [2.24, 2.45) is 5.73 Å². The van der Waals surface area contributed by atoms with E-state index in [9.17, 15) is 0 Å². The standard InChI is InChI=1S/C8H12ClNOS/c9-8-3-2-7(12-8)6-11-5-1-4-10/h2-3H,1,4-6,10H2. The summed E-state index contributed by atoms with van der Waals surface area (Å²) in [5.41, 5.74) is 5.31. The zero-order valence-corrected chi connectivity index (χ0v) is 8.33. The Morgan fingerprint density at radius 1 is 1.50 bits per heavy atom. The lowest BCUT2D eigenvalue weighted by atomic mass is 10.4. The summed E-state index contributed by atoms with van der Waals surface area (Å²) in [7, 11) is 0. The SMILES string of the molecule is NCCCOCc1ccc(Cl)s1. The molecule has 0 radical (unpaired) electrons. The summed E-state index contributed by atoms with van der Waals surface area (Å²) in [6.07, 6.45) is 0.916. The van der Waals surface area contributed by atoms with Crippen LogP contribution in [-0.2, 0) is 11.3 Å². The molecular formula is C8H12ClNOS. The van der Waals surface area contributed by atoms with Crippen LogP contribution in [-0.4, -0.2) is 13.2 Å². The minimum atomic E-state index is 0.650. The van der Waals surface area contributed by atoms with Gasteiger partial charge in [0, 0.05) is 11.5 Å². The minimum absolute atomic E-state index is 0.650. The first-order valence-electron chi connectivity index (χ1n) is 3.85. The van der Waals surface area contributed by atoms with Crippen molar-refractivity contribution in [2.45, 2.75) is 13.0 Å². The molecule has 0 amide bonds. The van der Waals surface area contributed by atoms with E-state index in [2.05, 4.69) is 0 Å². The van der Waals surface area contributed by atoms with Crippen molar-refractivity contribution in [3.8, 4) is 0 Å². The lowest BCUT2D eigenvalue weighted by Gasteiger charge is -1.99. The van der Waals surface area contributed by atoms with Gasteiger partial charge in [0.25, 0.3) is 0 Å². The van der Waals surface area contributed by atoms with E-state index in [1.807, 2.05) is 12.1 Å². The van der Waals surface area contributed by atoms with Crippen molar-refractivity contribution in [1.29, 1.82) is 0 Å². The number of ether oxygens (including phenoxy) is 1. The molecule has 4 heteroatoms. The number of hydrogen-bond acceptors (Lipinski definition) is 3. The van der Waals surface area contributed by atoms with Gasteiger partial charge in [0.2, 0.25) is 0 Å². The first kappa shape index (κ1) is 9.99. The van der Waals surface area contributed by atoms with Crippen LogP contribution in [0.3, 0.4) is 0 Å². The van der Waals surface area contributed by atoms with E-state index in [1.165, 1.54) is 0 Å². The molecule has 0 aliphatic rings. The Hall–Kier alpha value is -0.0900. The quantitative estimate of drug-likeness (QED) is 0.749. The minimum Gasteiger partial charge on any atom is -0.376 e. The second-order valence-corrected chi connectivity index (χ2v) is 4.20. The average Bonchev–Trinajstić information content (AvgIpc) is 2.45. The molecule has 0 spiro atoms. The van der Waals surface area contributed by atoms with Gasteiger partial charge in [0.1, 0.15) is 0 Å². The van der Waals surface area contributed by atoms with Crippen molar-refractivity contribution < 1.29 is 4.74 Å². The third kappa shape index (κ3) is 3.54. The molecule has 68 valence electrons. The molecule has 1 aromatic rings. The van der Waals surface area contributed by atoms with Crippen LogP contribution in [0.1, 0.15) is 11.3 Å². The van der Waals surface area contributed by atoms with Crippen LogP contribution in [0.15, 0.2) is 12.1 Å². The summed E-state index contributed by atoms with van der Waals surface area (Å²) in [4.78, 5) is 1.16. The van der Waals surface area contributed by atoms with E-state index in [0.717, 1.165) is 22.2 Å². The van der Waals surface area contributed by atoms with Crippen LogP contribution in [0.2, 0.25) is 4.34 Å². The topological polar surface area (TPSA) is 35.2 Å². The van der Waals surface area contributed by atoms with E-state index in [-0.39, 0.29) is 0 Å². The Labute approximate surface area is 81.3 Å². The van der Waals surface area contributed by atoms with Gasteiger partial charge < -0.3 is 10.5 Å². The fourth-order valence-electron chi connectivity index (χ4n) is 0.787. The summed E-state index contributed by atoms with van der Waals surface area (Å²) in [6.45, 7) is 2.06. The molecule has 0 fully saturated rings. The fourth-order valence-corrected chi connectivity index (χ4v) is 1.81. The zero-order chi connectivity index (χ0) is 8.81. The fraction of sp³-hybridized carbons (Fsp3) is 0.500. The number of hydrogen-bond donors (Lipinski definition) is 1. The summed E-state index contributed by atoms with van der Waals surface area (Å²) >= 11 is 7.30. The van der Waals surface area contributed by atoms with Crippen LogP contribution in [0.5, 0.6) is 0 Å². The van der Waals surface area contributed by atoms with E-state index < -0.39 is 0 Å². The van der Waals surface area contributed by atoms with Crippen LogP contribution in [0, 0.1) is 0 Å². The monoisotopic (exact) mass is 205 g/mol. The van der Waals surface area contributed by atoms with Crippen molar-refractivity contribution in [2.75, 3.05) is 13.2 Å². The van der Waals surface area contributed by atoms with Crippen molar-refractivity contribution in [3.63, 3.8) is 0 Å². The van der Waals surface area contributed by atoms with Gasteiger partial charge in [-0.2, -0.15) is 0 Å². The van der Waals surface area contributed by atoms with Crippen LogP contribution < -0.4 is 5.73 Å². The summed E-state index contributed by atoms with van der Waals surface area (Å²) in [5, 5.41) is 0. The molecule has 0 unspecified atom stereocenters. The van der Waals surface area contributed by atoms with Crippen molar-refractivity contribution >= 4 is 22.9 Å². The molecule has 12 heavy (non-hydrogen) atoms. The number of halogens is 1. The van der Waals surface area contributed by atoms with Gasteiger partial charge >= 0.3 is 0 Å². The highest BCUT2D eigenvalue weighted by Crippen LogP contribution is 2.21. The Balaban J connectivity index is 2.15. The first-order chi connectivity index (χ1) is 5.83. The van der Waals surface area contributed by atoms with Crippen LogP contribution >= 0.6 is 22.9 Å². The van der Waals surface area contributed by atoms with Crippen molar-refractivity contribution in [1.82, 2.24) is 0 Å². The molecule has 0 aromatic carbocycles. The first-order valence-corrected chi connectivity index (χ1v) is 5.04. The van der Waals surface area contributed by atoms with Crippen LogP contribution in [0.25, 0.3) is 0 Å². The lowest BCUT2D eigenvalue weighted by molar-refractivity contribution is 0.122. The second kappa shape index (κ2) is 5.54. The summed E-state index contributed by atoms with van der Waals surface area (Å²) < 4.78 is 6.16. The molecule has 0 aliphatic heterocycles. The number of thiophene rings is 1. The Morgan fingerprint density at radius 3 is 2.92 bits per heavy atom. The Kier molecular flexibility index (Phi) is 4.61. The molecular weight excluding hydrogens is 194 g/mol. The molecule has 2 N–H and O–H groups in total. The van der Waals surface area contributed by atoms with E-state index >= 15 is 0 Å². The smallest absolute Gasteiger partial charge is 0.0932 e. The maximum atomic E-state index is 5.74. The molecule has 0 bridgehead atoms. The van der Waals surface area contributed by atoms with Gasteiger partial charge in [-0.25, -0.2) is 0 Å². The predicted octanol–water partition coefficient (Wildman–Crippen LogP) is 2.27. The molecule has 0 atom stereocenters. The average molecular weight is 206 g/mol. The van der Waals surface area contributed by atoms with Gasteiger partial charge in [-0.1, -0.05) is 11.6 Å². The maximum Gasteiger partial charge on any atom is 0.0932 e. The van der Waals surface area contributed by atoms with Gasteiger partial charge in [-0.05, 0) is 25.1 Å². The summed E-state index contributed by atoms with van der Waals surface area (Å²) in [5.74, 6) is 0. The van der Waals surface area contributed by atoms with Gasteiger partial charge in [-0.3, -0.25) is 0 Å². The molecule has 2 nitrogen and oxygen atoms in total. The highest BCUT2D eigenvalue weighted by atomic mass is 35.5. The van der Waals surface area contributed by atoms with Crippen molar-refractivity contribution in [3.05, 3.63) is 21.3 Å². The Bertz CT molecular complexity index is 227. The largest absolute Gasteiger partial charge is 0.376 e. The molecule has 1 aromatic heterocycles. The van der Waals surface area contributed by atoms with Crippen LogP contribution in [0.4, 0.5) is 0 Å². The van der Waals surface area contributed by atoms with E-state index in [1.54, 1.807) is 11.3 Å². The predicted molar refractivity (Wildman–Crippen MR) is 52.7 cm³/mol. The third-order valence-corrected chi connectivity index (χ3v) is 2.57. The summed E-state index contributed by atoms with van der Waals surface area (Å²) in [6, 6.07) is 3.86. The zero-order valence-electron chi connectivity index (χ0n) is 6.75. The maximum absolute atomic E-state index is 5.74. The second-order valence-electron chi connectivity index (χ2n) is 2.40. The molecule has 0 saturated heterocycles. The van der Waals surface area contributed by atoms with Gasteiger partial charge in [0.15, 0.2) is 0 Å². The third-order valence-electron chi connectivity index (χ3n) is 1.37. The number of rotatable bonds is 5. The van der Waals surface area contributed by atoms with Gasteiger partial charge in [0.05, 0.1) is 10.9 Å². The highest BCUT2D eigenvalue weighted by molar-refractivity contribution is 7.16. The normalized spacial score (nSPS) is 10.5. The molecule has 0 aliphatic carbocycles. The van der Waals surface area contributed by atoms with Gasteiger partial charge in [-0.15, -0.1) is 11.3 Å². The lowest BCUT2D eigenvalue weighted by Crippen LogP contribution is -2.03. The van der Waals surface area contributed by atoms with E-state index in [4.69, 9.17) is 22.1 Å².